The molecule has 6 atom stereocenters. The van der Waals surface area contributed by atoms with E-state index in [1.807, 2.05) is 18.2 Å². The minimum Gasteiger partial charge on any atom is -0.481 e. The highest BCUT2D eigenvalue weighted by molar-refractivity contribution is 5.96. The predicted molar refractivity (Wildman–Crippen MR) is 215 cm³/mol. The van der Waals surface area contributed by atoms with Crippen LogP contribution in [-0.4, -0.2) is 119 Å². The van der Waals surface area contributed by atoms with Crippen LogP contribution in [0.1, 0.15) is 70.8 Å². The molecule has 5 amide bonds. The van der Waals surface area contributed by atoms with Gasteiger partial charge in [0.2, 0.25) is 29.5 Å². The van der Waals surface area contributed by atoms with Gasteiger partial charge >= 0.3 is 11.9 Å². The molecule has 0 bridgehead atoms. The Morgan fingerprint density at radius 3 is 1.48 bits per heavy atom. The van der Waals surface area contributed by atoms with Crippen molar-refractivity contribution in [2.75, 3.05) is 19.6 Å². The third kappa shape index (κ3) is 20.2. The van der Waals surface area contributed by atoms with Crippen LogP contribution in [-0.2, 0) is 40.0 Å². The maximum atomic E-state index is 14.0. The second-order valence-electron chi connectivity index (χ2n) is 13.9. The fourth-order valence-electron chi connectivity index (χ4n) is 5.52. The molecule has 0 aliphatic rings. The number of nitrogens with zero attached hydrogens (tertiary/aromatic N) is 2. The first-order valence-corrected chi connectivity index (χ1v) is 18.9. The number of amides is 5. The van der Waals surface area contributed by atoms with Gasteiger partial charge in [-0.15, -0.1) is 0 Å². The first kappa shape index (κ1) is 50.0. The molecule has 19 N–H and O–H groups in total. The van der Waals surface area contributed by atoms with Crippen molar-refractivity contribution in [2.24, 2.45) is 50.3 Å². The Hall–Kier alpha value is -6.03. The fourth-order valence-corrected chi connectivity index (χ4v) is 5.52. The third-order valence-electron chi connectivity index (χ3n) is 8.61. The number of carbonyl (C=O) groups is 7. The number of carboxylic acids is 2. The SMILES string of the molecule is CC(C)[C@H](NC(=O)[C@@H](N)Cc1ccccc1)C(=O)N[C@@H](CCCN=C(N)N)C(=O)N[C@@H](CCCN=C(N)N)C(=O)N[C@@H](CCCCN)C(=O)N[C@@H](CC(=O)O)C(=O)O. The van der Waals surface area contributed by atoms with Crippen LogP contribution in [0.2, 0.25) is 0 Å². The van der Waals surface area contributed by atoms with Gasteiger partial charge in [0.05, 0.1) is 12.5 Å². The lowest BCUT2D eigenvalue weighted by atomic mass is 10.00. The smallest absolute Gasteiger partial charge is 0.326 e. The molecular weight excluding hydrogens is 758 g/mol. The molecular formula is C36H61N13O9. The van der Waals surface area contributed by atoms with E-state index < -0.39 is 90.1 Å². The molecule has 58 heavy (non-hydrogen) atoms. The zero-order chi connectivity index (χ0) is 43.8. The summed E-state index contributed by atoms with van der Waals surface area (Å²) in [5, 5.41) is 31.2. The second-order valence-corrected chi connectivity index (χ2v) is 13.9. The summed E-state index contributed by atoms with van der Waals surface area (Å²) < 4.78 is 0. The van der Waals surface area contributed by atoms with Crippen LogP contribution in [0.5, 0.6) is 0 Å². The number of hydrogen-bond donors (Lipinski definition) is 13. The molecule has 0 spiro atoms. The summed E-state index contributed by atoms with van der Waals surface area (Å²) in [5.41, 5.74) is 34.3. The Bertz CT molecular complexity index is 1570. The minimum atomic E-state index is -1.80. The summed E-state index contributed by atoms with van der Waals surface area (Å²) in [6, 6.07) is 1.17. The van der Waals surface area contributed by atoms with Crippen LogP contribution in [0.15, 0.2) is 40.3 Å². The summed E-state index contributed by atoms with van der Waals surface area (Å²) in [6.07, 6.45) is 0.300. The Morgan fingerprint density at radius 1 is 0.621 bits per heavy atom. The van der Waals surface area contributed by atoms with Gasteiger partial charge in [0.1, 0.15) is 30.2 Å². The lowest BCUT2D eigenvalue weighted by molar-refractivity contribution is -0.147. The third-order valence-corrected chi connectivity index (χ3v) is 8.61. The zero-order valence-corrected chi connectivity index (χ0v) is 33.0. The van der Waals surface area contributed by atoms with Crippen molar-refractivity contribution in [1.29, 1.82) is 0 Å². The first-order chi connectivity index (χ1) is 27.4. The summed E-state index contributed by atoms with van der Waals surface area (Å²) in [7, 11) is 0. The van der Waals surface area contributed by atoms with Crippen LogP contribution in [0.4, 0.5) is 0 Å². The molecule has 0 aliphatic carbocycles. The zero-order valence-electron chi connectivity index (χ0n) is 33.0. The highest BCUT2D eigenvalue weighted by atomic mass is 16.4. The number of nitrogens with two attached hydrogens (primary N) is 6. The standard InChI is InChI=1S/C36H61N13O9/c1-20(2)28(49-29(52)22(38)18-21-10-4-3-5-11-21)33(56)47-25(14-9-17-44-36(41)42)31(54)46-24(13-8-16-43-35(39)40)30(53)45-23(12-6-7-15-37)32(55)48-26(34(57)58)19-27(50)51/h3-5,10-11,20,22-26,28H,6-9,12-19,37-38H2,1-2H3,(H,45,53)(H,46,54)(H,47,56)(H,48,55)(H,49,52)(H,50,51)(H,57,58)(H4,39,40,43)(H4,41,42,44)/t22-,23-,24-,25-,26-,28-/m0/s1. The van der Waals surface area contributed by atoms with Gasteiger partial charge in [-0.3, -0.25) is 38.8 Å². The molecule has 0 heterocycles. The quantitative estimate of drug-likeness (QED) is 0.0221. The van der Waals surface area contributed by atoms with E-state index in [4.69, 9.17) is 39.5 Å². The number of carbonyl (C=O) groups excluding carboxylic acids is 5. The Labute approximate surface area is 337 Å². The van der Waals surface area contributed by atoms with Gasteiger partial charge in [-0.1, -0.05) is 44.2 Å². The van der Waals surface area contributed by atoms with E-state index in [0.29, 0.717) is 12.8 Å². The van der Waals surface area contributed by atoms with Gasteiger partial charge in [-0.2, -0.15) is 0 Å². The molecule has 324 valence electrons. The van der Waals surface area contributed by atoms with Crippen molar-refractivity contribution in [2.45, 2.75) is 108 Å². The monoisotopic (exact) mass is 819 g/mol. The normalized spacial score (nSPS) is 13.9. The largest absolute Gasteiger partial charge is 0.481 e. The maximum Gasteiger partial charge on any atom is 0.326 e. The number of aliphatic carboxylic acids is 2. The minimum absolute atomic E-state index is 0.0103. The van der Waals surface area contributed by atoms with E-state index in [0.717, 1.165) is 5.56 Å². The molecule has 1 rings (SSSR count). The van der Waals surface area contributed by atoms with Crippen molar-refractivity contribution >= 4 is 53.4 Å². The Balaban J connectivity index is 3.39. The van der Waals surface area contributed by atoms with E-state index >= 15 is 0 Å². The molecule has 22 nitrogen and oxygen atoms in total. The van der Waals surface area contributed by atoms with Gasteiger partial charge in [-0.05, 0) is 69.4 Å². The molecule has 0 aliphatic heterocycles. The molecule has 22 heteroatoms. The molecule has 0 radical (unpaired) electrons. The Kier molecular flexibility index (Phi) is 23.1. The first-order valence-electron chi connectivity index (χ1n) is 18.9. The lowest BCUT2D eigenvalue weighted by Crippen LogP contribution is -2.60. The topological polar surface area (TPSA) is 401 Å². The lowest BCUT2D eigenvalue weighted by Gasteiger charge is -2.28. The van der Waals surface area contributed by atoms with Crippen LogP contribution in [0.3, 0.4) is 0 Å². The summed E-state index contributed by atoms with van der Waals surface area (Å²) in [5.74, 6) is -7.89. The highest BCUT2D eigenvalue weighted by Gasteiger charge is 2.34. The maximum absolute atomic E-state index is 14.0. The van der Waals surface area contributed by atoms with Crippen LogP contribution < -0.4 is 61.0 Å². The molecule has 0 saturated carbocycles. The number of rotatable bonds is 28. The van der Waals surface area contributed by atoms with Gasteiger partial charge in [0.15, 0.2) is 11.9 Å². The van der Waals surface area contributed by atoms with Crippen molar-refractivity contribution in [3.63, 3.8) is 0 Å². The predicted octanol–water partition coefficient (Wildman–Crippen LogP) is -3.57. The van der Waals surface area contributed by atoms with Gasteiger partial charge in [0, 0.05) is 13.1 Å². The molecule has 0 aromatic heterocycles. The number of nitrogens with one attached hydrogen (secondary N) is 5. The number of benzene rings is 1. The van der Waals surface area contributed by atoms with Crippen molar-refractivity contribution in [3.8, 4) is 0 Å². The molecule has 0 unspecified atom stereocenters. The van der Waals surface area contributed by atoms with Gasteiger partial charge in [0.25, 0.3) is 0 Å². The summed E-state index contributed by atoms with van der Waals surface area (Å²) in [6.45, 7) is 3.78. The van der Waals surface area contributed by atoms with E-state index in [1.54, 1.807) is 26.0 Å². The van der Waals surface area contributed by atoms with Crippen molar-refractivity contribution in [3.05, 3.63) is 35.9 Å². The van der Waals surface area contributed by atoms with E-state index in [2.05, 4.69) is 36.6 Å². The van der Waals surface area contributed by atoms with Gasteiger partial charge < -0.3 is 71.2 Å². The van der Waals surface area contributed by atoms with Crippen LogP contribution in [0.25, 0.3) is 0 Å². The van der Waals surface area contributed by atoms with Crippen LogP contribution >= 0.6 is 0 Å². The van der Waals surface area contributed by atoms with E-state index in [1.165, 1.54) is 0 Å². The van der Waals surface area contributed by atoms with Crippen molar-refractivity contribution < 1.29 is 43.8 Å². The average Bonchev–Trinajstić information content (AvgIpc) is 3.14. The Morgan fingerprint density at radius 2 is 1.07 bits per heavy atom. The fraction of sp³-hybridized carbons (Fsp3) is 0.583. The number of aliphatic imine (C=N–C) groups is 2. The number of guanidine groups is 2. The van der Waals surface area contributed by atoms with E-state index in [9.17, 15) is 38.7 Å². The summed E-state index contributed by atoms with van der Waals surface area (Å²) >= 11 is 0. The average molecular weight is 820 g/mol. The number of carboxylic acid groups (broad SMARTS) is 2. The molecule has 0 fully saturated rings. The number of hydrogen-bond acceptors (Lipinski definition) is 11. The molecule has 1 aromatic rings. The summed E-state index contributed by atoms with van der Waals surface area (Å²) in [4.78, 5) is 98.6. The molecule has 0 saturated heterocycles. The number of unbranched alkanes of at least 4 members (excludes halogenated alkanes) is 1. The molecule has 1 aromatic carbocycles. The van der Waals surface area contributed by atoms with Gasteiger partial charge in [-0.25, -0.2) is 4.79 Å². The van der Waals surface area contributed by atoms with Crippen LogP contribution in [0, 0.1) is 5.92 Å². The van der Waals surface area contributed by atoms with E-state index in [-0.39, 0.29) is 70.1 Å². The van der Waals surface area contributed by atoms with Crippen molar-refractivity contribution in [1.82, 2.24) is 26.6 Å². The highest BCUT2D eigenvalue weighted by Crippen LogP contribution is 2.10. The second kappa shape index (κ2) is 26.8.